The zero-order valence-electron chi connectivity index (χ0n) is 12.7. The summed E-state index contributed by atoms with van der Waals surface area (Å²) in [6.45, 7) is 0.632. The van der Waals surface area contributed by atoms with Crippen LogP contribution in [0.15, 0.2) is 24.3 Å². The molecule has 0 saturated carbocycles. The molecule has 0 atom stereocenters. The Kier molecular flexibility index (Phi) is 8.59. The molecular weight excluding hydrogens is 286 g/mol. The molecule has 1 amide bonds. The van der Waals surface area contributed by atoms with Gasteiger partial charge in [0.1, 0.15) is 0 Å². The third-order valence-corrected chi connectivity index (χ3v) is 3.69. The van der Waals surface area contributed by atoms with Crippen LogP contribution >= 0.6 is 11.8 Å². The van der Waals surface area contributed by atoms with Crippen molar-refractivity contribution >= 4 is 23.6 Å². The molecule has 5 heteroatoms. The molecule has 1 rings (SSSR count). The Labute approximate surface area is 130 Å². The highest BCUT2D eigenvalue weighted by Crippen LogP contribution is 2.11. The summed E-state index contributed by atoms with van der Waals surface area (Å²) in [5, 5.41) is 2.91. The highest BCUT2D eigenvalue weighted by Gasteiger charge is 2.05. The van der Waals surface area contributed by atoms with E-state index in [-0.39, 0.29) is 11.9 Å². The molecule has 0 aromatic heterocycles. The molecule has 0 aliphatic heterocycles. The average molecular weight is 309 g/mol. The molecule has 116 valence electrons. The number of methoxy groups -OCH3 is 1. The molecule has 0 radical (unpaired) electrons. The van der Waals surface area contributed by atoms with Crippen molar-refractivity contribution in [3.8, 4) is 0 Å². The predicted molar refractivity (Wildman–Crippen MR) is 86.5 cm³/mol. The van der Waals surface area contributed by atoms with E-state index >= 15 is 0 Å². The lowest BCUT2D eigenvalue weighted by molar-refractivity contribution is -0.140. The lowest BCUT2D eigenvalue weighted by Crippen LogP contribution is -2.24. The molecule has 0 unspecified atom stereocenters. The first-order valence-electron chi connectivity index (χ1n) is 7.10. The monoisotopic (exact) mass is 309 g/mol. The molecule has 1 aromatic rings. The van der Waals surface area contributed by atoms with E-state index in [1.54, 1.807) is 11.8 Å². The number of amides is 1. The van der Waals surface area contributed by atoms with Gasteiger partial charge in [-0.3, -0.25) is 9.59 Å². The smallest absolute Gasteiger partial charge is 0.305 e. The Morgan fingerprint density at radius 2 is 2.05 bits per heavy atom. The van der Waals surface area contributed by atoms with E-state index in [1.165, 1.54) is 7.11 Å². The molecule has 1 aromatic carbocycles. The molecule has 0 heterocycles. The number of benzene rings is 1. The first kappa shape index (κ1) is 17.6. The number of carbonyl (C=O) groups is 2. The van der Waals surface area contributed by atoms with Crippen LogP contribution in [0.1, 0.15) is 41.6 Å². The van der Waals surface area contributed by atoms with Gasteiger partial charge in [-0.1, -0.05) is 18.6 Å². The standard InChI is InChI=1S/C16H23NO3S/c1-20-15(18)9-4-3-5-10-17-16(19)14-8-6-7-13(11-14)12-21-2/h6-8,11H,3-5,9-10,12H2,1-2H3,(H,17,19). The molecule has 4 nitrogen and oxygen atoms in total. The van der Waals surface area contributed by atoms with Gasteiger partial charge in [0.15, 0.2) is 0 Å². The second-order valence-corrected chi connectivity index (χ2v) is 5.64. The van der Waals surface area contributed by atoms with Crippen molar-refractivity contribution < 1.29 is 14.3 Å². The Hall–Kier alpha value is -1.49. The second kappa shape index (κ2) is 10.3. The fourth-order valence-corrected chi connectivity index (χ4v) is 2.46. The highest BCUT2D eigenvalue weighted by atomic mass is 32.2. The summed E-state index contributed by atoms with van der Waals surface area (Å²) < 4.78 is 4.57. The number of carbonyl (C=O) groups excluding carboxylic acids is 2. The molecule has 1 N–H and O–H groups in total. The van der Waals surface area contributed by atoms with Crippen LogP contribution < -0.4 is 5.32 Å². The number of ether oxygens (including phenoxy) is 1. The summed E-state index contributed by atoms with van der Waals surface area (Å²) >= 11 is 1.74. The third kappa shape index (κ3) is 7.18. The molecule has 0 aliphatic rings. The van der Waals surface area contributed by atoms with Gasteiger partial charge < -0.3 is 10.1 Å². The Morgan fingerprint density at radius 1 is 1.24 bits per heavy atom. The van der Waals surface area contributed by atoms with E-state index in [9.17, 15) is 9.59 Å². The van der Waals surface area contributed by atoms with Crippen LogP contribution in [-0.2, 0) is 15.3 Å². The number of rotatable bonds is 9. The van der Waals surface area contributed by atoms with E-state index in [0.717, 1.165) is 30.6 Å². The minimum absolute atomic E-state index is 0.0362. The zero-order chi connectivity index (χ0) is 15.5. The number of thioether (sulfide) groups is 1. The van der Waals surface area contributed by atoms with Crippen LogP contribution in [0.5, 0.6) is 0 Å². The summed E-state index contributed by atoms with van der Waals surface area (Å²) in [5.74, 6) is 0.699. The zero-order valence-corrected chi connectivity index (χ0v) is 13.5. The largest absolute Gasteiger partial charge is 0.469 e. The average Bonchev–Trinajstić information content (AvgIpc) is 2.50. The Balaban J connectivity index is 2.24. The van der Waals surface area contributed by atoms with Gasteiger partial charge in [-0.25, -0.2) is 0 Å². The minimum atomic E-state index is -0.176. The van der Waals surface area contributed by atoms with Gasteiger partial charge in [0.05, 0.1) is 7.11 Å². The number of nitrogens with one attached hydrogen (secondary N) is 1. The quantitative estimate of drug-likeness (QED) is 0.563. The van der Waals surface area contributed by atoms with Gasteiger partial charge in [0, 0.05) is 24.3 Å². The lowest BCUT2D eigenvalue weighted by atomic mass is 10.1. The summed E-state index contributed by atoms with van der Waals surface area (Å²) in [4.78, 5) is 22.9. The summed E-state index contributed by atoms with van der Waals surface area (Å²) in [7, 11) is 1.40. The molecule has 0 bridgehead atoms. The maximum absolute atomic E-state index is 12.0. The van der Waals surface area contributed by atoms with E-state index in [4.69, 9.17) is 0 Å². The minimum Gasteiger partial charge on any atom is -0.469 e. The SMILES string of the molecule is COC(=O)CCCCCNC(=O)c1cccc(CSC)c1. The van der Waals surface area contributed by atoms with Crippen molar-refractivity contribution in [2.75, 3.05) is 19.9 Å². The van der Waals surface area contributed by atoms with E-state index in [1.807, 2.05) is 30.5 Å². The fourth-order valence-electron chi connectivity index (χ4n) is 1.95. The predicted octanol–water partition coefficient (Wildman–Crippen LogP) is 3.01. The molecule has 0 spiro atoms. The van der Waals surface area contributed by atoms with Gasteiger partial charge in [-0.15, -0.1) is 0 Å². The fraction of sp³-hybridized carbons (Fsp3) is 0.500. The third-order valence-electron chi connectivity index (χ3n) is 3.07. The second-order valence-electron chi connectivity index (χ2n) is 4.78. The topological polar surface area (TPSA) is 55.4 Å². The molecule has 0 aliphatic carbocycles. The highest BCUT2D eigenvalue weighted by molar-refractivity contribution is 7.97. The van der Waals surface area contributed by atoms with E-state index in [0.29, 0.717) is 18.5 Å². The maximum Gasteiger partial charge on any atom is 0.305 e. The lowest BCUT2D eigenvalue weighted by Gasteiger charge is -2.06. The summed E-state index contributed by atoms with van der Waals surface area (Å²) in [6, 6.07) is 7.70. The molecule has 0 saturated heterocycles. The van der Waals surface area contributed by atoms with Crippen molar-refractivity contribution in [2.24, 2.45) is 0 Å². The van der Waals surface area contributed by atoms with Gasteiger partial charge in [0.2, 0.25) is 0 Å². The van der Waals surface area contributed by atoms with Crippen molar-refractivity contribution in [1.29, 1.82) is 0 Å². The van der Waals surface area contributed by atoms with Crippen LogP contribution in [0.3, 0.4) is 0 Å². The van der Waals surface area contributed by atoms with Crippen LogP contribution in [0.2, 0.25) is 0 Å². The molecule has 0 fully saturated rings. The first-order valence-corrected chi connectivity index (χ1v) is 8.49. The first-order chi connectivity index (χ1) is 10.2. The number of esters is 1. The van der Waals surface area contributed by atoms with E-state index < -0.39 is 0 Å². The van der Waals surface area contributed by atoms with Gasteiger partial charge in [-0.2, -0.15) is 11.8 Å². The maximum atomic E-state index is 12.0. The van der Waals surface area contributed by atoms with Crippen molar-refractivity contribution in [3.63, 3.8) is 0 Å². The van der Waals surface area contributed by atoms with Crippen LogP contribution in [-0.4, -0.2) is 31.8 Å². The Morgan fingerprint density at radius 3 is 2.76 bits per heavy atom. The van der Waals surface area contributed by atoms with Crippen LogP contribution in [0, 0.1) is 0 Å². The van der Waals surface area contributed by atoms with Crippen molar-refractivity contribution in [1.82, 2.24) is 5.32 Å². The number of hydrogen-bond donors (Lipinski definition) is 1. The number of unbranched alkanes of at least 4 members (excludes halogenated alkanes) is 2. The van der Waals surface area contributed by atoms with Crippen LogP contribution in [0.25, 0.3) is 0 Å². The number of hydrogen-bond acceptors (Lipinski definition) is 4. The molecule has 21 heavy (non-hydrogen) atoms. The normalized spacial score (nSPS) is 10.2. The van der Waals surface area contributed by atoms with Crippen molar-refractivity contribution in [2.45, 2.75) is 31.4 Å². The van der Waals surface area contributed by atoms with Crippen LogP contribution in [0.4, 0.5) is 0 Å². The summed E-state index contributed by atoms with van der Waals surface area (Å²) in [6.07, 6.45) is 5.06. The van der Waals surface area contributed by atoms with Gasteiger partial charge in [0.25, 0.3) is 5.91 Å². The molecular formula is C16H23NO3S. The van der Waals surface area contributed by atoms with Crippen molar-refractivity contribution in [3.05, 3.63) is 35.4 Å². The van der Waals surface area contributed by atoms with Gasteiger partial charge in [-0.05, 0) is 36.8 Å². The summed E-state index contributed by atoms with van der Waals surface area (Å²) in [5.41, 5.74) is 1.87. The Bertz CT molecular complexity index is 463. The van der Waals surface area contributed by atoms with E-state index in [2.05, 4.69) is 10.1 Å². The van der Waals surface area contributed by atoms with Gasteiger partial charge >= 0.3 is 5.97 Å².